The van der Waals surface area contributed by atoms with Crippen LogP contribution in [0.2, 0.25) is 0 Å². The van der Waals surface area contributed by atoms with Crippen LogP contribution in [0.3, 0.4) is 0 Å². The number of urea groups is 1. The summed E-state index contributed by atoms with van der Waals surface area (Å²) in [4.78, 5) is 36.2. The van der Waals surface area contributed by atoms with E-state index in [0.717, 1.165) is 43.2 Å². The van der Waals surface area contributed by atoms with Crippen molar-refractivity contribution in [2.24, 2.45) is 5.92 Å². The van der Waals surface area contributed by atoms with Gasteiger partial charge >= 0.3 is 6.03 Å². The second kappa shape index (κ2) is 13.9. The minimum absolute atomic E-state index is 0.269. The van der Waals surface area contributed by atoms with Crippen molar-refractivity contribution >= 4 is 23.9 Å². The Bertz CT molecular complexity index is 926. The van der Waals surface area contributed by atoms with Crippen LogP contribution in [0.15, 0.2) is 60.7 Å². The van der Waals surface area contributed by atoms with Crippen LogP contribution in [0.25, 0.3) is 6.08 Å². The highest BCUT2D eigenvalue weighted by Crippen LogP contribution is 2.27. The van der Waals surface area contributed by atoms with Crippen LogP contribution in [0, 0.1) is 5.92 Å². The smallest absolute Gasteiger partial charge is 0.322 e. The van der Waals surface area contributed by atoms with Crippen molar-refractivity contribution < 1.29 is 19.6 Å². The molecule has 0 bridgehead atoms. The van der Waals surface area contributed by atoms with E-state index in [1.54, 1.807) is 35.8 Å². The molecule has 33 heavy (non-hydrogen) atoms. The molecule has 4 amide bonds. The Kier molecular flexibility index (Phi) is 10.8. The predicted molar refractivity (Wildman–Crippen MR) is 129 cm³/mol. The number of hydrogen-bond donors (Lipinski definition) is 4. The molecule has 0 spiro atoms. The zero-order chi connectivity index (χ0) is 24.1. The Morgan fingerprint density at radius 1 is 1.00 bits per heavy atom. The van der Waals surface area contributed by atoms with E-state index in [9.17, 15) is 14.4 Å². The van der Waals surface area contributed by atoms with Gasteiger partial charge in [0.15, 0.2) is 0 Å². The fourth-order valence-corrected chi connectivity index (χ4v) is 3.60. The van der Waals surface area contributed by atoms with E-state index in [4.69, 9.17) is 5.21 Å². The third-order valence-corrected chi connectivity index (χ3v) is 5.56. The lowest BCUT2D eigenvalue weighted by Gasteiger charge is -2.24. The maximum Gasteiger partial charge on any atom is 0.322 e. The average molecular weight is 452 g/mol. The molecule has 0 heterocycles. The number of imide groups is 1. The average Bonchev–Trinajstić information content (AvgIpc) is 2.85. The highest BCUT2D eigenvalue weighted by atomic mass is 16.5. The zero-order valence-corrected chi connectivity index (χ0v) is 19.2. The van der Waals surface area contributed by atoms with Gasteiger partial charge in [0.25, 0.3) is 11.8 Å². The number of carbonyl (C=O) groups excluding carboxylic acids is 3. The van der Waals surface area contributed by atoms with E-state index in [1.807, 2.05) is 30.3 Å². The van der Waals surface area contributed by atoms with E-state index in [-0.39, 0.29) is 6.04 Å². The Morgan fingerprint density at radius 3 is 2.30 bits per heavy atom. The van der Waals surface area contributed by atoms with Crippen LogP contribution in [0.1, 0.15) is 73.5 Å². The summed E-state index contributed by atoms with van der Waals surface area (Å²) >= 11 is 0. The summed E-state index contributed by atoms with van der Waals surface area (Å²) in [6.45, 7) is 4.31. The highest BCUT2D eigenvalue weighted by molar-refractivity contribution is 6.04. The van der Waals surface area contributed by atoms with Gasteiger partial charge in [-0.2, -0.15) is 0 Å². The number of unbranched alkanes of at least 4 members (excludes halogenated alkanes) is 1. The summed E-state index contributed by atoms with van der Waals surface area (Å²) in [6, 6.07) is 15.3. The number of carbonyl (C=O) groups is 3. The number of nitrogens with one attached hydrogen (secondary N) is 3. The molecule has 0 aliphatic heterocycles. The zero-order valence-electron chi connectivity index (χ0n) is 19.2. The third kappa shape index (κ3) is 8.90. The minimum Gasteiger partial charge on any atom is -0.331 e. The van der Waals surface area contributed by atoms with E-state index < -0.39 is 17.8 Å². The first-order valence-electron chi connectivity index (χ1n) is 11.4. The quantitative estimate of drug-likeness (QED) is 0.219. The number of hydroxylamine groups is 1. The lowest BCUT2D eigenvalue weighted by molar-refractivity contribution is -0.124. The largest absolute Gasteiger partial charge is 0.331 e. The molecule has 0 fully saturated rings. The monoisotopic (exact) mass is 451 g/mol. The van der Waals surface area contributed by atoms with Gasteiger partial charge in [-0.05, 0) is 41.7 Å². The van der Waals surface area contributed by atoms with Gasteiger partial charge in [0.1, 0.15) is 0 Å². The van der Waals surface area contributed by atoms with Crippen molar-refractivity contribution in [1.29, 1.82) is 0 Å². The highest BCUT2D eigenvalue weighted by Gasteiger charge is 2.20. The molecule has 2 rings (SSSR count). The van der Waals surface area contributed by atoms with Gasteiger partial charge < -0.3 is 5.32 Å². The second-order valence-electron chi connectivity index (χ2n) is 7.97. The van der Waals surface area contributed by atoms with E-state index in [2.05, 4.69) is 24.5 Å². The molecule has 7 heteroatoms. The Morgan fingerprint density at radius 2 is 1.70 bits per heavy atom. The normalized spacial score (nSPS) is 12.7. The Balaban J connectivity index is 2.15. The fraction of sp³-hybridized carbons (Fsp3) is 0.346. The topological polar surface area (TPSA) is 108 Å². The van der Waals surface area contributed by atoms with Crippen LogP contribution >= 0.6 is 0 Å². The van der Waals surface area contributed by atoms with Crippen molar-refractivity contribution in [1.82, 2.24) is 16.1 Å². The molecule has 7 nitrogen and oxygen atoms in total. The van der Waals surface area contributed by atoms with Crippen molar-refractivity contribution in [2.75, 3.05) is 0 Å². The summed E-state index contributed by atoms with van der Waals surface area (Å²) in [6.07, 6.45) is 7.88. The third-order valence-electron chi connectivity index (χ3n) is 5.56. The fourth-order valence-electron chi connectivity index (χ4n) is 3.60. The minimum atomic E-state index is -0.611. The first-order valence-corrected chi connectivity index (χ1v) is 11.4. The molecule has 0 aromatic heterocycles. The van der Waals surface area contributed by atoms with Crippen LogP contribution in [-0.4, -0.2) is 23.1 Å². The SMILES string of the molecule is CCCCC(CC)CC(NC(=O)NC(=O)c1ccccc1)c1ccc(C=CC(=O)NO)cc1. The van der Waals surface area contributed by atoms with Crippen molar-refractivity contribution in [3.63, 3.8) is 0 Å². The molecule has 0 aliphatic carbocycles. The summed E-state index contributed by atoms with van der Waals surface area (Å²) in [7, 11) is 0. The molecule has 2 atom stereocenters. The molecule has 4 N–H and O–H groups in total. The molecule has 2 aromatic carbocycles. The molecule has 0 radical (unpaired) electrons. The lowest BCUT2D eigenvalue weighted by Crippen LogP contribution is -2.41. The first kappa shape index (κ1) is 25.8. The summed E-state index contributed by atoms with van der Waals surface area (Å²) in [5.74, 6) is -0.625. The van der Waals surface area contributed by atoms with Crippen molar-refractivity contribution in [3.8, 4) is 0 Å². The van der Waals surface area contributed by atoms with Crippen LogP contribution in [0.5, 0.6) is 0 Å². The Hall–Kier alpha value is -3.45. The van der Waals surface area contributed by atoms with Gasteiger partial charge in [-0.25, -0.2) is 10.3 Å². The van der Waals surface area contributed by atoms with Gasteiger partial charge in [-0.3, -0.25) is 20.1 Å². The van der Waals surface area contributed by atoms with Crippen LogP contribution in [-0.2, 0) is 4.79 Å². The number of rotatable bonds is 11. The molecule has 2 aromatic rings. The molecule has 0 saturated heterocycles. The number of hydrogen-bond acceptors (Lipinski definition) is 4. The molecular formula is C26H33N3O4. The maximum atomic E-state index is 12.6. The van der Waals surface area contributed by atoms with E-state index in [1.165, 1.54) is 6.08 Å². The summed E-state index contributed by atoms with van der Waals surface area (Å²) in [5, 5.41) is 14.0. The van der Waals surface area contributed by atoms with Gasteiger partial charge in [-0.15, -0.1) is 0 Å². The number of amides is 4. The van der Waals surface area contributed by atoms with E-state index in [0.29, 0.717) is 11.5 Å². The molecule has 0 aliphatic rings. The Labute approximate surface area is 195 Å². The summed E-state index contributed by atoms with van der Waals surface area (Å²) in [5.41, 5.74) is 3.66. The predicted octanol–water partition coefficient (Wildman–Crippen LogP) is 4.99. The molecule has 2 unspecified atom stereocenters. The standard InChI is InChI=1S/C26H33N3O4/c1-3-5-9-19(4-2)18-23(21-15-12-20(13-16-21)14-17-24(30)29-33)27-26(32)28-25(31)22-10-7-6-8-11-22/h6-8,10-17,19,23,33H,3-5,9,18H2,1-2H3,(H,29,30)(H2,27,28,31,32). The molecule has 0 saturated carbocycles. The maximum absolute atomic E-state index is 12.6. The van der Waals surface area contributed by atoms with Crippen LogP contribution in [0.4, 0.5) is 4.79 Å². The van der Waals surface area contributed by atoms with Crippen LogP contribution < -0.4 is 16.1 Å². The van der Waals surface area contributed by atoms with Gasteiger partial charge in [0.05, 0.1) is 6.04 Å². The molecule has 176 valence electrons. The second-order valence-corrected chi connectivity index (χ2v) is 7.97. The lowest BCUT2D eigenvalue weighted by atomic mass is 9.89. The first-order chi connectivity index (χ1) is 16.0. The van der Waals surface area contributed by atoms with E-state index >= 15 is 0 Å². The molecular weight excluding hydrogens is 418 g/mol. The van der Waals surface area contributed by atoms with Gasteiger partial charge in [-0.1, -0.05) is 82.0 Å². The van der Waals surface area contributed by atoms with Gasteiger partial charge in [0, 0.05) is 11.6 Å². The van der Waals surface area contributed by atoms with Crippen molar-refractivity contribution in [3.05, 3.63) is 77.4 Å². The van der Waals surface area contributed by atoms with Crippen molar-refractivity contribution in [2.45, 2.75) is 52.0 Å². The van der Waals surface area contributed by atoms with Gasteiger partial charge in [0.2, 0.25) is 0 Å². The number of benzene rings is 2. The summed E-state index contributed by atoms with van der Waals surface area (Å²) < 4.78 is 0.